The lowest BCUT2D eigenvalue weighted by molar-refractivity contribution is 0.579. The molecule has 0 bridgehead atoms. The van der Waals surface area contributed by atoms with Crippen molar-refractivity contribution in [1.29, 1.82) is 5.26 Å². The van der Waals surface area contributed by atoms with Gasteiger partial charge in [-0.3, -0.25) is 0 Å². The fourth-order valence-electron chi connectivity index (χ4n) is 1.52. The highest BCUT2D eigenvalue weighted by atomic mass is 32.2. The van der Waals surface area contributed by atoms with E-state index in [4.69, 9.17) is 5.26 Å². The minimum Gasteiger partial charge on any atom is -0.347 e. The number of benzene rings is 1. The van der Waals surface area contributed by atoms with E-state index in [1.165, 1.54) is 12.1 Å². The van der Waals surface area contributed by atoms with Gasteiger partial charge in [0, 0.05) is 12.4 Å². The lowest BCUT2D eigenvalue weighted by Gasteiger charge is -2.05. The van der Waals surface area contributed by atoms with Gasteiger partial charge in [0.2, 0.25) is 10.0 Å². The summed E-state index contributed by atoms with van der Waals surface area (Å²) in [5, 5.41) is 8.55. The third-order valence-electron chi connectivity index (χ3n) is 2.50. The van der Waals surface area contributed by atoms with Crippen LogP contribution in [0.2, 0.25) is 0 Å². The van der Waals surface area contributed by atoms with Crippen molar-refractivity contribution in [3.8, 4) is 6.07 Å². The molecule has 1 heterocycles. The van der Waals surface area contributed by atoms with Crippen LogP contribution < -0.4 is 4.72 Å². The van der Waals surface area contributed by atoms with Gasteiger partial charge in [-0.25, -0.2) is 18.1 Å². The Hall–Kier alpha value is -2.17. The lowest BCUT2D eigenvalue weighted by atomic mass is 10.2. The average molecular weight is 276 g/mol. The molecule has 19 heavy (non-hydrogen) atoms. The number of hydrogen-bond acceptors (Lipinski definition) is 4. The molecule has 0 atom stereocenters. The van der Waals surface area contributed by atoms with Crippen LogP contribution in [0, 0.1) is 11.3 Å². The van der Waals surface area contributed by atoms with Crippen molar-refractivity contribution in [2.45, 2.75) is 17.9 Å². The number of sulfonamides is 1. The molecule has 6 nitrogen and oxygen atoms in total. The summed E-state index contributed by atoms with van der Waals surface area (Å²) in [6.07, 6.45) is 3.45. The van der Waals surface area contributed by atoms with E-state index < -0.39 is 10.0 Å². The molecule has 0 fully saturated rings. The summed E-state index contributed by atoms with van der Waals surface area (Å²) in [7, 11) is -3.56. The number of rotatable bonds is 5. The molecule has 0 amide bonds. The van der Waals surface area contributed by atoms with Gasteiger partial charge in [-0.2, -0.15) is 5.26 Å². The van der Waals surface area contributed by atoms with Crippen molar-refractivity contribution in [3.63, 3.8) is 0 Å². The van der Waals surface area contributed by atoms with Gasteiger partial charge in [-0.15, -0.1) is 0 Å². The van der Waals surface area contributed by atoms with E-state index in [2.05, 4.69) is 14.7 Å². The van der Waals surface area contributed by atoms with Crippen molar-refractivity contribution in [3.05, 3.63) is 48.0 Å². The van der Waals surface area contributed by atoms with Gasteiger partial charge in [0.25, 0.3) is 0 Å². The second kappa shape index (κ2) is 5.65. The summed E-state index contributed by atoms with van der Waals surface area (Å²) in [5.41, 5.74) is 0.785. The summed E-state index contributed by atoms with van der Waals surface area (Å²) < 4.78 is 26.4. The first-order valence-corrected chi connectivity index (χ1v) is 7.04. The predicted octanol–water partition coefficient (Wildman–Crippen LogP) is 0.954. The fourth-order valence-corrected chi connectivity index (χ4v) is 2.51. The molecule has 0 saturated heterocycles. The molecule has 0 saturated carbocycles. The molecule has 98 valence electrons. The van der Waals surface area contributed by atoms with Crippen LogP contribution >= 0.6 is 0 Å². The number of H-pyrrole nitrogens is 1. The smallest absolute Gasteiger partial charge is 0.240 e. The second-order valence-electron chi connectivity index (χ2n) is 3.84. The summed E-state index contributed by atoms with van der Waals surface area (Å²) >= 11 is 0. The summed E-state index contributed by atoms with van der Waals surface area (Å²) in [6, 6.07) is 8.23. The Bertz CT molecular complexity index is 670. The number of nitrogens with zero attached hydrogens (tertiary/aromatic N) is 2. The van der Waals surface area contributed by atoms with Crippen molar-refractivity contribution >= 4 is 10.0 Å². The Labute approximate surface area is 111 Å². The third-order valence-corrected chi connectivity index (χ3v) is 3.92. The number of nitriles is 1. The molecule has 0 aliphatic carbocycles. The largest absolute Gasteiger partial charge is 0.347 e. The fraction of sp³-hybridized carbons (Fsp3) is 0.167. The zero-order valence-corrected chi connectivity index (χ0v) is 10.8. The average Bonchev–Trinajstić information content (AvgIpc) is 2.91. The Kier molecular flexibility index (Phi) is 3.94. The molecule has 0 aliphatic rings. The molecular formula is C12H12N4O2S. The van der Waals surface area contributed by atoms with Crippen LogP contribution in [0.4, 0.5) is 0 Å². The van der Waals surface area contributed by atoms with Gasteiger partial charge in [0.05, 0.1) is 23.9 Å². The minimum absolute atomic E-state index is 0.106. The topological polar surface area (TPSA) is 98.6 Å². The maximum Gasteiger partial charge on any atom is 0.240 e. The van der Waals surface area contributed by atoms with Crippen molar-refractivity contribution in [1.82, 2.24) is 14.7 Å². The molecular weight excluding hydrogens is 264 g/mol. The van der Waals surface area contributed by atoms with E-state index in [1.54, 1.807) is 24.5 Å². The zero-order chi connectivity index (χ0) is 13.7. The van der Waals surface area contributed by atoms with Gasteiger partial charge in [-0.1, -0.05) is 12.1 Å². The van der Waals surface area contributed by atoms with Crippen LogP contribution in [0.1, 0.15) is 11.4 Å². The van der Waals surface area contributed by atoms with E-state index in [-0.39, 0.29) is 17.9 Å². The Morgan fingerprint density at radius 1 is 1.32 bits per heavy atom. The quantitative estimate of drug-likeness (QED) is 0.849. The first kappa shape index (κ1) is 13.3. The van der Waals surface area contributed by atoms with Crippen molar-refractivity contribution < 1.29 is 8.42 Å². The molecule has 1 aromatic carbocycles. The highest BCUT2D eigenvalue weighted by molar-refractivity contribution is 7.89. The van der Waals surface area contributed by atoms with Gasteiger partial charge < -0.3 is 4.98 Å². The van der Waals surface area contributed by atoms with E-state index in [9.17, 15) is 8.42 Å². The first-order chi connectivity index (χ1) is 9.12. The highest BCUT2D eigenvalue weighted by Gasteiger charge is 2.13. The van der Waals surface area contributed by atoms with E-state index in [1.807, 2.05) is 6.07 Å². The standard InChI is InChI=1S/C12H12N4O2S/c13-6-5-10-1-3-11(4-2-10)19(17,18)16-9-12-14-7-8-15-12/h1-4,7-8,16H,5,9H2,(H,14,15). The third kappa shape index (κ3) is 3.40. The maximum absolute atomic E-state index is 12.0. The Morgan fingerprint density at radius 2 is 2.05 bits per heavy atom. The van der Waals surface area contributed by atoms with E-state index >= 15 is 0 Å². The number of hydrogen-bond donors (Lipinski definition) is 2. The highest BCUT2D eigenvalue weighted by Crippen LogP contribution is 2.11. The number of nitrogens with one attached hydrogen (secondary N) is 2. The monoisotopic (exact) mass is 276 g/mol. The van der Waals surface area contributed by atoms with Gasteiger partial charge in [0.15, 0.2) is 0 Å². The number of aromatic nitrogens is 2. The molecule has 2 rings (SSSR count). The van der Waals surface area contributed by atoms with Crippen molar-refractivity contribution in [2.24, 2.45) is 0 Å². The van der Waals surface area contributed by atoms with Crippen LogP contribution in [0.15, 0.2) is 41.6 Å². The molecule has 1 aromatic heterocycles. The Morgan fingerprint density at radius 3 is 2.63 bits per heavy atom. The van der Waals surface area contributed by atoms with Gasteiger partial charge >= 0.3 is 0 Å². The maximum atomic E-state index is 12.0. The van der Waals surface area contributed by atoms with Crippen LogP contribution in [0.3, 0.4) is 0 Å². The molecule has 2 N–H and O–H groups in total. The first-order valence-electron chi connectivity index (χ1n) is 5.55. The summed E-state index contributed by atoms with van der Waals surface area (Å²) in [4.78, 5) is 6.91. The van der Waals surface area contributed by atoms with Crippen LogP contribution in [-0.4, -0.2) is 18.4 Å². The normalized spacial score (nSPS) is 11.1. The van der Waals surface area contributed by atoms with Crippen molar-refractivity contribution in [2.75, 3.05) is 0 Å². The SMILES string of the molecule is N#CCc1ccc(S(=O)(=O)NCc2ncc[nH]2)cc1. The zero-order valence-electron chi connectivity index (χ0n) is 10.00. The summed E-state index contributed by atoms with van der Waals surface area (Å²) in [6.45, 7) is 0.106. The van der Waals surface area contributed by atoms with Crippen LogP contribution in [0.5, 0.6) is 0 Å². The van der Waals surface area contributed by atoms with Gasteiger partial charge in [-0.05, 0) is 17.7 Å². The molecule has 0 aliphatic heterocycles. The van der Waals surface area contributed by atoms with Crippen LogP contribution in [0.25, 0.3) is 0 Å². The van der Waals surface area contributed by atoms with Gasteiger partial charge in [0.1, 0.15) is 5.82 Å². The lowest BCUT2D eigenvalue weighted by Crippen LogP contribution is -2.23. The summed E-state index contributed by atoms with van der Waals surface area (Å²) in [5.74, 6) is 0.546. The molecule has 0 unspecified atom stereocenters. The van der Waals surface area contributed by atoms with E-state index in [0.29, 0.717) is 5.82 Å². The Balaban J connectivity index is 2.09. The molecule has 2 aromatic rings. The van der Waals surface area contributed by atoms with E-state index in [0.717, 1.165) is 5.56 Å². The van der Waals surface area contributed by atoms with Crippen LogP contribution in [-0.2, 0) is 23.0 Å². The number of imidazole rings is 1. The number of aromatic amines is 1. The molecule has 7 heteroatoms. The molecule has 0 radical (unpaired) electrons. The molecule has 0 spiro atoms. The predicted molar refractivity (Wildman–Crippen MR) is 68.4 cm³/mol. The minimum atomic E-state index is -3.56. The second-order valence-corrected chi connectivity index (χ2v) is 5.61.